The maximum Gasteiger partial charge on any atom is 0.0848 e. The SMILES string of the molecule is CC1=C[C@@](C)(Cl)[C@]1(C)Cl. The highest BCUT2D eigenvalue weighted by molar-refractivity contribution is 6.38. The lowest BCUT2D eigenvalue weighted by Gasteiger charge is -2.44. The van der Waals surface area contributed by atoms with Crippen molar-refractivity contribution in [1.29, 1.82) is 0 Å². The molecule has 1 aliphatic rings. The Bertz CT molecular complexity index is 166. The third-order valence-electron chi connectivity index (χ3n) is 2.15. The minimum absolute atomic E-state index is 0.325. The Hall–Kier alpha value is 0.320. The summed E-state index contributed by atoms with van der Waals surface area (Å²) in [7, 11) is 0. The van der Waals surface area contributed by atoms with Crippen LogP contribution >= 0.6 is 23.2 Å². The lowest BCUT2D eigenvalue weighted by atomic mass is 9.76. The van der Waals surface area contributed by atoms with Crippen molar-refractivity contribution in [2.75, 3.05) is 0 Å². The summed E-state index contributed by atoms with van der Waals surface area (Å²) >= 11 is 12.0. The van der Waals surface area contributed by atoms with Gasteiger partial charge in [0.25, 0.3) is 0 Å². The van der Waals surface area contributed by atoms with Crippen molar-refractivity contribution >= 4 is 23.2 Å². The molecule has 0 amide bonds. The number of hydrogen-bond donors (Lipinski definition) is 0. The van der Waals surface area contributed by atoms with Gasteiger partial charge in [0.05, 0.1) is 9.75 Å². The summed E-state index contributed by atoms with van der Waals surface area (Å²) in [5.74, 6) is 0. The first-order valence-electron chi connectivity index (χ1n) is 2.96. The number of hydrogen-bond acceptors (Lipinski definition) is 0. The molecule has 0 aromatic carbocycles. The van der Waals surface area contributed by atoms with E-state index in [-0.39, 0.29) is 9.75 Å². The van der Waals surface area contributed by atoms with Crippen LogP contribution in [0.1, 0.15) is 20.8 Å². The van der Waals surface area contributed by atoms with Crippen LogP contribution in [0.5, 0.6) is 0 Å². The van der Waals surface area contributed by atoms with Crippen LogP contribution in [0.15, 0.2) is 11.6 Å². The molecule has 9 heavy (non-hydrogen) atoms. The predicted molar refractivity (Wildman–Crippen MR) is 42.3 cm³/mol. The smallest absolute Gasteiger partial charge is 0.0848 e. The highest BCUT2D eigenvalue weighted by Gasteiger charge is 2.49. The zero-order chi connectivity index (χ0) is 7.28. The van der Waals surface area contributed by atoms with Gasteiger partial charge in [-0.2, -0.15) is 0 Å². The molecule has 0 fully saturated rings. The standard InChI is InChI=1S/C7H10Cl2/c1-5-4-6(2,8)7(5,3)9/h4H,1-3H3/t6-,7-/m1/s1. The molecule has 0 saturated heterocycles. The molecule has 0 bridgehead atoms. The van der Waals surface area contributed by atoms with Gasteiger partial charge < -0.3 is 0 Å². The Morgan fingerprint density at radius 3 is 1.78 bits per heavy atom. The van der Waals surface area contributed by atoms with E-state index >= 15 is 0 Å². The van der Waals surface area contributed by atoms with Gasteiger partial charge in [0.2, 0.25) is 0 Å². The van der Waals surface area contributed by atoms with Crippen molar-refractivity contribution in [3.63, 3.8) is 0 Å². The first-order chi connectivity index (χ1) is 3.88. The Morgan fingerprint density at radius 1 is 1.33 bits per heavy atom. The molecule has 0 aromatic rings. The average molecular weight is 165 g/mol. The Balaban J connectivity index is 2.94. The van der Waals surface area contributed by atoms with E-state index in [0.29, 0.717) is 0 Å². The van der Waals surface area contributed by atoms with Gasteiger partial charge in [-0.1, -0.05) is 11.6 Å². The van der Waals surface area contributed by atoms with Gasteiger partial charge in [0.15, 0.2) is 0 Å². The number of allylic oxidation sites excluding steroid dienone is 2. The molecule has 0 saturated carbocycles. The molecule has 0 nitrogen and oxygen atoms in total. The first-order valence-corrected chi connectivity index (χ1v) is 3.71. The van der Waals surface area contributed by atoms with Crippen molar-refractivity contribution in [2.45, 2.75) is 30.5 Å². The van der Waals surface area contributed by atoms with Crippen LogP contribution in [0.4, 0.5) is 0 Å². The number of alkyl halides is 2. The van der Waals surface area contributed by atoms with Crippen molar-refractivity contribution < 1.29 is 0 Å². The summed E-state index contributed by atoms with van der Waals surface area (Å²) in [5, 5.41) is 0. The van der Waals surface area contributed by atoms with E-state index in [1.165, 1.54) is 5.57 Å². The molecule has 2 atom stereocenters. The van der Waals surface area contributed by atoms with Crippen LogP contribution in [-0.4, -0.2) is 9.75 Å². The largest absolute Gasteiger partial charge is 0.113 e. The quantitative estimate of drug-likeness (QED) is 0.382. The Morgan fingerprint density at radius 2 is 1.78 bits per heavy atom. The summed E-state index contributed by atoms with van der Waals surface area (Å²) in [5.41, 5.74) is 1.17. The van der Waals surface area contributed by atoms with Gasteiger partial charge in [-0.3, -0.25) is 0 Å². The molecule has 0 spiro atoms. The van der Waals surface area contributed by atoms with Gasteiger partial charge in [-0.05, 0) is 20.8 Å². The van der Waals surface area contributed by atoms with E-state index in [9.17, 15) is 0 Å². The molecule has 0 unspecified atom stereocenters. The second kappa shape index (κ2) is 1.67. The van der Waals surface area contributed by atoms with E-state index in [1.54, 1.807) is 0 Å². The maximum absolute atomic E-state index is 6.05. The molecule has 1 aliphatic carbocycles. The van der Waals surface area contributed by atoms with Gasteiger partial charge in [0, 0.05) is 0 Å². The Labute approximate surface area is 65.8 Å². The summed E-state index contributed by atoms with van der Waals surface area (Å²) in [6, 6.07) is 0. The van der Waals surface area contributed by atoms with Crippen LogP contribution in [0.25, 0.3) is 0 Å². The van der Waals surface area contributed by atoms with E-state index in [1.807, 2.05) is 26.8 Å². The fourth-order valence-corrected chi connectivity index (χ4v) is 1.41. The van der Waals surface area contributed by atoms with Crippen LogP contribution in [0.2, 0.25) is 0 Å². The van der Waals surface area contributed by atoms with E-state index in [2.05, 4.69) is 0 Å². The second-order valence-corrected chi connectivity index (χ2v) is 4.45. The highest BCUT2D eigenvalue weighted by atomic mass is 35.5. The summed E-state index contributed by atoms with van der Waals surface area (Å²) in [6.45, 7) is 5.86. The zero-order valence-corrected chi connectivity index (χ0v) is 7.35. The summed E-state index contributed by atoms with van der Waals surface area (Å²) in [6.07, 6.45) is 1.99. The van der Waals surface area contributed by atoms with Crippen molar-refractivity contribution in [3.8, 4) is 0 Å². The van der Waals surface area contributed by atoms with E-state index in [0.717, 1.165) is 0 Å². The monoisotopic (exact) mass is 164 g/mol. The molecular weight excluding hydrogens is 155 g/mol. The Kier molecular flexibility index (Phi) is 1.38. The molecule has 52 valence electrons. The van der Waals surface area contributed by atoms with E-state index < -0.39 is 0 Å². The fraction of sp³-hybridized carbons (Fsp3) is 0.714. The maximum atomic E-state index is 6.05. The third-order valence-corrected chi connectivity index (χ3v) is 3.42. The lowest BCUT2D eigenvalue weighted by Crippen LogP contribution is -2.48. The van der Waals surface area contributed by atoms with Crippen molar-refractivity contribution in [2.24, 2.45) is 0 Å². The van der Waals surface area contributed by atoms with Gasteiger partial charge in [0.1, 0.15) is 0 Å². The number of rotatable bonds is 0. The van der Waals surface area contributed by atoms with Crippen molar-refractivity contribution in [3.05, 3.63) is 11.6 Å². The fourth-order valence-electron chi connectivity index (χ4n) is 0.985. The molecule has 0 heterocycles. The van der Waals surface area contributed by atoms with Crippen LogP contribution in [-0.2, 0) is 0 Å². The molecule has 1 rings (SSSR count). The highest BCUT2D eigenvalue weighted by Crippen LogP contribution is 2.50. The summed E-state index contributed by atoms with van der Waals surface area (Å²) < 4.78 is 0. The minimum atomic E-state index is -0.335. The molecular formula is C7H10Cl2. The zero-order valence-electron chi connectivity index (χ0n) is 5.83. The van der Waals surface area contributed by atoms with Crippen LogP contribution in [0.3, 0.4) is 0 Å². The summed E-state index contributed by atoms with van der Waals surface area (Å²) in [4.78, 5) is -0.660. The lowest BCUT2D eigenvalue weighted by molar-refractivity contribution is 0.536. The normalized spacial score (nSPS) is 50.1. The number of halogens is 2. The van der Waals surface area contributed by atoms with Crippen LogP contribution in [0, 0.1) is 0 Å². The molecule has 0 aromatic heterocycles. The van der Waals surface area contributed by atoms with Gasteiger partial charge in [-0.15, -0.1) is 23.2 Å². The van der Waals surface area contributed by atoms with Crippen LogP contribution < -0.4 is 0 Å². The third kappa shape index (κ3) is 0.805. The van der Waals surface area contributed by atoms with Gasteiger partial charge in [-0.25, -0.2) is 0 Å². The van der Waals surface area contributed by atoms with Gasteiger partial charge >= 0.3 is 0 Å². The van der Waals surface area contributed by atoms with E-state index in [4.69, 9.17) is 23.2 Å². The molecule has 0 aliphatic heterocycles. The first kappa shape index (κ1) is 7.43. The van der Waals surface area contributed by atoms with Crippen molar-refractivity contribution in [1.82, 2.24) is 0 Å². The minimum Gasteiger partial charge on any atom is -0.113 e. The topological polar surface area (TPSA) is 0 Å². The second-order valence-electron chi connectivity index (χ2n) is 2.91. The predicted octanol–water partition coefficient (Wildman–Crippen LogP) is 2.94. The average Bonchev–Trinajstić information content (AvgIpc) is 1.65. The molecule has 0 N–H and O–H groups in total. The molecule has 0 radical (unpaired) electrons. The molecule has 2 heteroatoms.